The van der Waals surface area contributed by atoms with Crippen molar-refractivity contribution in [3.05, 3.63) is 34.1 Å². The van der Waals surface area contributed by atoms with Crippen LogP contribution in [0.25, 0.3) is 0 Å². The van der Waals surface area contributed by atoms with Gasteiger partial charge in [0.15, 0.2) is 0 Å². The lowest BCUT2D eigenvalue weighted by Crippen LogP contribution is -2.31. The number of nitrogens with one attached hydrogen (secondary N) is 1. The van der Waals surface area contributed by atoms with Gasteiger partial charge < -0.3 is 0 Å². The average Bonchev–Trinajstić information content (AvgIpc) is 2.95. The first-order valence-electron chi connectivity index (χ1n) is 9.48. The lowest BCUT2D eigenvalue weighted by atomic mass is 9.96. The third-order valence-electron chi connectivity index (χ3n) is 4.71. The van der Waals surface area contributed by atoms with Crippen LogP contribution in [-0.2, 0) is 15.4 Å². The van der Waals surface area contributed by atoms with Crippen LogP contribution in [-0.4, -0.2) is 45.9 Å². The fraction of sp³-hybridized carbons (Fsp3) is 0.556. The standard InChI is InChI=1S/C18H25N5O4S2/c1-18(2,3)16-19-17(21-20-16)28-15-9-8-13(12-14(15)23(24)25)29(26,27)22-10-6-4-5-7-11-22/h8-9,12H,4-7,10-11H2,1-3H3,(H,19,20,21). The molecule has 29 heavy (non-hydrogen) atoms. The van der Waals surface area contributed by atoms with E-state index in [9.17, 15) is 18.5 Å². The van der Waals surface area contributed by atoms with Gasteiger partial charge in [-0.2, -0.15) is 4.31 Å². The molecule has 0 amide bonds. The van der Waals surface area contributed by atoms with Crippen LogP contribution in [0, 0.1) is 10.1 Å². The molecule has 0 radical (unpaired) electrons. The number of hydrogen-bond acceptors (Lipinski definition) is 7. The number of benzene rings is 1. The molecule has 3 rings (SSSR count). The first-order chi connectivity index (χ1) is 13.6. The number of nitrogens with zero attached hydrogens (tertiary/aromatic N) is 4. The second-order valence-corrected chi connectivity index (χ2v) is 11.0. The maximum Gasteiger partial charge on any atom is 0.284 e. The van der Waals surface area contributed by atoms with Gasteiger partial charge in [0.05, 0.1) is 14.7 Å². The summed E-state index contributed by atoms with van der Waals surface area (Å²) in [6.45, 7) is 6.82. The minimum atomic E-state index is -3.76. The molecule has 1 aromatic heterocycles. The highest BCUT2D eigenvalue weighted by atomic mass is 32.2. The average molecular weight is 440 g/mol. The molecule has 0 aliphatic carbocycles. The molecule has 1 fully saturated rings. The van der Waals surface area contributed by atoms with E-state index in [4.69, 9.17) is 0 Å². The molecule has 2 aromatic rings. The summed E-state index contributed by atoms with van der Waals surface area (Å²) >= 11 is 1.03. The normalized spacial score (nSPS) is 16.5. The van der Waals surface area contributed by atoms with Crippen molar-refractivity contribution in [3.63, 3.8) is 0 Å². The van der Waals surface area contributed by atoms with Crippen LogP contribution in [0.2, 0.25) is 0 Å². The van der Waals surface area contributed by atoms with E-state index in [1.807, 2.05) is 20.8 Å². The number of aromatic amines is 1. The second-order valence-electron chi connectivity index (χ2n) is 8.02. The number of sulfonamides is 1. The predicted molar refractivity (Wildman–Crippen MR) is 110 cm³/mol. The summed E-state index contributed by atoms with van der Waals surface area (Å²) in [6.07, 6.45) is 3.59. The van der Waals surface area contributed by atoms with Gasteiger partial charge in [-0.3, -0.25) is 15.2 Å². The van der Waals surface area contributed by atoms with Gasteiger partial charge in [0, 0.05) is 24.6 Å². The lowest BCUT2D eigenvalue weighted by molar-refractivity contribution is -0.388. The number of nitro benzene ring substituents is 1. The minimum absolute atomic E-state index is 0.0548. The Kier molecular flexibility index (Phi) is 6.30. The summed E-state index contributed by atoms with van der Waals surface area (Å²) in [7, 11) is -3.76. The third kappa shape index (κ3) is 4.96. The quantitative estimate of drug-likeness (QED) is 0.556. The molecule has 1 N–H and O–H groups in total. The van der Waals surface area contributed by atoms with Gasteiger partial charge in [0.25, 0.3) is 5.69 Å². The lowest BCUT2D eigenvalue weighted by Gasteiger charge is -2.20. The van der Waals surface area contributed by atoms with E-state index < -0.39 is 14.9 Å². The minimum Gasteiger partial charge on any atom is -0.262 e. The molecule has 1 aliphatic heterocycles. The molecule has 1 saturated heterocycles. The van der Waals surface area contributed by atoms with Crippen molar-refractivity contribution >= 4 is 27.5 Å². The molecule has 0 atom stereocenters. The molecule has 2 heterocycles. The van der Waals surface area contributed by atoms with E-state index in [2.05, 4.69) is 15.2 Å². The van der Waals surface area contributed by atoms with Crippen molar-refractivity contribution in [3.8, 4) is 0 Å². The fourth-order valence-corrected chi connectivity index (χ4v) is 5.38. The zero-order valence-electron chi connectivity index (χ0n) is 16.7. The highest BCUT2D eigenvalue weighted by molar-refractivity contribution is 7.99. The molecule has 0 spiro atoms. The molecule has 0 bridgehead atoms. The van der Waals surface area contributed by atoms with Crippen molar-refractivity contribution in [1.29, 1.82) is 0 Å². The van der Waals surface area contributed by atoms with Crippen LogP contribution in [0.15, 0.2) is 33.1 Å². The Morgan fingerprint density at radius 1 is 1.17 bits per heavy atom. The van der Waals surface area contributed by atoms with Gasteiger partial charge in [-0.1, -0.05) is 33.6 Å². The van der Waals surface area contributed by atoms with Crippen molar-refractivity contribution in [2.45, 2.75) is 66.8 Å². The highest BCUT2D eigenvalue weighted by Crippen LogP contribution is 2.36. The van der Waals surface area contributed by atoms with E-state index >= 15 is 0 Å². The van der Waals surface area contributed by atoms with E-state index in [1.54, 1.807) is 0 Å². The SMILES string of the molecule is CC(C)(C)c1nc(Sc2ccc(S(=O)(=O)N3CCCCCC3)cc2[N+](=O)[O-])n[nH]1. The molecule has 158 valence electrons. The summed E-state index contributed by atoms with van der Waals surface area (Å²) in [6, 6.07) is 4.02. The van der Waals surface area contributed by atoms with E-state index in [1.165, 1.54) is 16.4 Å². The molecule has 11 heteroatoms. The van der Waals surface area contributed by atoms with Crippen LogP contribution in [0.3, 0.4) is 0 Å². The summed E-state index contributed by atoms with van der Waals surface area (Å²) in [5.41, 5.74) is -0.504. The zero-order chi connectivity index (χ0) is 21.2. The Bertz CT molecular complexity index is 990. The van der Waals surface area contributed by atoms with Crippen LogP contribution in [0.5, 0.6) is 0 Å². The fourth-order valence-electron chi connectivity index (χ4n) is 3.04. The first kappa shape index (κ1) is 21.7. The Hall–Kier alpha value is -1.98. The van der Waals surface area contributed by atoms with Gasteiger partial charge >= 0.3 is 0 Å². The number of nitro groups is 1. The Morgan fingerprint density at radius 3 is 2.38 bits per heavy atom. The molecule has 0 saturated carbocycles. The summed E-state index contributed by atoms with van der Waals surface area (Å²) < 4.78 is 27.4. The van der Waals surface area contributed by atoms with Gasteiger partial charge in [-0.05, 0) is 36.7 Å². The smallest absolute Gasteiger partial charge is 0.262 e. The van der Waals surface area contributed by atoms with Crippen LogP contribution >= 0.6 is 11.8 Å². The van der Waals surface area contributed by atoms with Gasteiger partial charge in [-0.15, -0.1) is 5.10 Å². The predicted octanol–water partition coefficient (Wildman–Crippen LogP) is 3.73. The topological polar surface area (TPSA) is 122 Å². The maximum absolute atomic E-state index is 13.0. The van der Waals surface area contributed by atoms with Crippen LogP contribution < -0.4 is 0 Å². The van der Waals surface area contributed by atoms with E-state index in [0.717, 1.165) is 43.5 Å². The molecule has 9 nitrogen and oxygen atoms in total. The van der Waals surface area contributed by atoms with E-state index in [-0.39, 0.29) is 16.0 Å². The maximum atomic E-state index is 13.0. The van der Waals surface area contributed by atoms with Crippen molar-refractivity contribution in [2.24, 2.45) is 0 Å². The second kappa shape index (κ2) is 8.41. The Labute approximate surface area is 174 Å². The Morgan fingerprint density at radius 2 is 1.83 bits per heavy atom. The number of rotatable bonds is 5. The molecule has 1 aromatic carbocycles. The van der Waals surface area contributed by atoms with Crippen LogP contribution in [0.1, 0.15) is 52.3 Å². The van der Waals surface area contributed by atoms with Crippen LogP contribution in [0.4, 0.5) is 5.69 Å². The first-order valence-corrected chi connectivity index (χ1v) is 11.7. The van der Waals surface area contributed by atoms with Gasteiger partial charge in [0.1, 0.15) is 5.82 Å². The van der Waals surface area contributed by atoms with Gasteiger partial charge in [-0.25, -0.2) is 13.4 Å². The summed E-state index contributed by atoms with van der Waals surface area (Å²) in [4.78, 5) is 15.7. The molecular weight excluding hydrogens is 414 g/mol. The van der Waals surface area contributed by atoms with E-state index in [0.29, 0.717) is 29.0 Å². The van der Waals surface area contributed by atoms with Crippen molar-refractivity contribution < 1.29 is 13.3 Å². The van der Waals surface area contributed by atoms with Gasteiger partial charge in [0.2, 0.25) is 15.2 Å². The largest absolute Gasteiger partial charge is 0.284 e. The van der Waals surface area contributed by atoms with Crippen molar-refractivity contribution in [2.75, 3.05) is 13.1 Å². The monoisotopic (exact) mass is 439 g/mol. The molecular formula is C18H25N5O4S2. The number of hydrogen-bond donors (Lipinski definition) is 1. The highest BCUT2D eigenvalue weighted by Gasteiger charge is 2.29. The zero-order valence-corrected chi connectivity index (χ0v) is 18.3. The number of aromatic nitrogens is 3. The summed E-state index contributed by atoms with van der Waals surface area (Å²) in [5.74, 6) is 0.669. The molecule has 0 unspecified atom stereocenters. The third-order valence-corrected chi connectivity index (χ3v) is 7.53. The summed E-state index contributed by atoms with van der Waals surface area (Å²) in [5, 5.41) is 18.9. The number of H-pyrrole nitrogens is 1. The van der Waals surface area contributed by atoms with Crippen molar-refractivity contribution in [1.82, 2.24) is 19.5 Å². The molecule has 1 aliphatic rings. The Balaban J connectivity index is 1.91.